The van der Waals surface area contributed by atoms with Crippen LogP contribution in [-0.2, 0) is 13.1 Å². The molecule has 1 N–H and O–H groups in total. The van der Waals surface area contributed by atoms with Crippen LogP contribution in [0.15, 0.2) is 36.7 Å². The van der Waals surface area contributed by atoms with Crippen molar-refractivity contribution in [2.24, 2.45) is 5.92 Å². The van der Waals surface area contributed by atoms with E-state index in [0.29, 0.717) is 23.6 Å². The molecular weight excluding hydrogens is 265 g/mol. The Kier molecular flexibility index (Phi) is 5.13. The molecule has 0 atom stereocenters. The lowest BCUT2D eigenvalue weighted by Gasteiger charge is -2.06. The first-order chi connectivity index (χ1) is 10.1. The lowest BCUT2D eigenvalue weighted by atomic mass is 10.1. The Bertz CT molecular complexity index is 638. The maximum atomic E-state index is 13.8. The number of nitrogens with zero attached hydrogens (tertiary/aromatic N) is 2. The largest absolute Gasteiger partial charge is 0.349 e. The molecule has 0 aliphatic carbocycles. The summed E-state index contributed by atoms with van der Waals surface area (Å²) in [5.74, 6) is 0.345. The van der Waals surface area contributed by atoms with E-state index in [0.717, 1.165) is 13.1 Å². The van der Waals surface area contributed by atoms with Gasteiger partial charge in [-0.3, -0.25) is 0 Å². The molecule has 1 aromatic carbocycles. The summed E-state index contributed by atoms with van der Waals surface area (Å²) in [4.78, 5) is 0. The predicted molar refractivity (Wildman–Crippen MR) is 81.2 cm³/mol. The number of benzene rings is 1. The summed E-state index contributed by atoms with van der Waals surface area (Å²) >= 11 is 0. The van der Waals surface area contributed by atoms with E-state index in [9.17, 15) is 4.39 Å². The van der Waals surface area contributed by atoms with E-state index in [-0.39, 0.29) is 5.82 Å². The number of aromatic nitrogens is 1. The summed E-state index contributed by atoms with van der Waals surface area (Å²) in [7, 11) is 0. The first-order valence-electron chi connectivity index (χ1n) is 7.12. The molecule has 4 heteroatoms. The van der Waals surface area contributed by atoms with Crippen molar-refractivity contribution >= 4 is 0 Å². The monoisotopic (exact) mass is 285 g/mol. The summed E-state index contributed by atoms with van der Waals surface area (Å²) in [5, 5.41) is 12.3. The van der Waals surface area contributed by atoms with Crippen molar-refractivity contribution in [2.75, 3.05) is 6.54 Å². The SMILES string of the molecule is CC(C)CNCc1ccn(Cc2cc(C#N)ccc2F)c1. The van der Waals surface area contributed by atoms with Gasteiger partial charge >= 0.3 is 0 Å². The number of rotatable bonds is 6. The minimum atomic E-state index is -0.276. The highest BCUT2D eigenvalue weighted by Crippen LogP contribution is 2.13. The first-order valence-corrected chi connectivity index (χ1v) is 7.12. The molecule has 110 valence electrons. The Morgan fingerprint density at radius 1 is 1.33 bits per heavy atom. The summed E-state index contributed by atoms with van der Waals surface area (Å²) in [6, 6.07) is 8.51. The molecule has 0 radical (unpaired) electrons. The van der Waals surface area contributed by atoms with Crippen LogP contribution >= 0.6 is 0 Å². The van der Waals surface area contributed by atoms with Crippen LogP contribution in [0, 0.1) is 23.1 Å². The molecule has 0 aliphatic rings. The van der Waals surface area contributed by atoms with Crippen LogP contribution in [-0.4, -0.2) is 11.1 Å². The van der Waals surface area contributed by atoms with Crippen LogP contribution in [0.3, 0.4) is 0 Å². The van der Waals surface area contributed by atoms with E-state index in [1.807, 2.05) is 29.1 Å². The average molecular weight is 285 g/mol. The van der Waals surface area contributed by atoms with Gasteiger partial charge in [-0.15, -0.1) is 0 Å². The lowest BCUT2D eigenvalue weighted by molar-refractivity contribution is 0.552. The van der Waals surface area contributed by atoms with E-state index in [1.165, 1.54) is 17.7 Å². The Morgan fingerprint density at radius 2 is 2.14 bits per heavy atom. The minimum Gasteiger partial charge on any atom is -0.349 e. The standard InChI is InChI=1S/C17H20FN3/c1-13(2)9-20-10-15-5-6-21(11-15)12-16-7-14(8-19)3-4-17(16)18/h3-7,11,13,20H,9-10,12H2,1-2H3. The van der Waals surface area contributed by atoms with E-state index in [2.05, 4.69) is 19.2 Å². The van der Waals surface area contributed by atoms with Crippen LogP contribution in [0.2, 0.25) is 0 Å². The fraction of sp³-hybridized carbons (Fsp3) is 0.353. The van der Waals surface area contributed by atoms with E-state index in [1.54, 1.807) is 6.07 Å². The molecule has 0 fully saturated rings. The number of nitriles is 1. The highest BCUT2D eigenvalue weighted by molar-refractivity contribution is 5.34. The Labute approximate surface area is 125 Å². The van der Waals surface area contributed by atoms with Gasteiger partial charge in [0.15, 0.2) is 0 Å². The van der Waals surface area contributed by atoms with Crippen molar-refractivity contribution in [2.45, 2.75) is 26.9 Å². The highest BCUT2D eigenvalue weighted by Gasteiger charge is 2.05. The summed E-state index contributed by atoms with van der Waals surface area (Å²) in [6.07, 6.45) is 3.94. The van der Waals surface area contributed by atoms with Gasteiger partial charge < -0.3 is 9.88 Å². The molecule has 2 rings (SSSR count). The third kappa shape index (κ3) is 4.44. The molecule has 0 unspecified atom stereocenters. The van der Waals surface area contributed by atoms with Crippen LogP contribution in [0.4, 0.5) is 4.39 Å². The number of nitrogens with one attached hydrogen (secondary N) is 1. The van der Waals surface area contributed by atoms with Gasteiger partial charge in [0, 0.05) is 31.0 Å². The second kappa shape index (κ2) is 7.05. The van der Waals surface area contributed by atoms with Crippen molar-refractivity contribution in [1.82, 2.24) is 9.88 Å². The molecule has 0 bridgehead atoms. The zero-order valence-corrected chi connectivity index (χ0v) is 12.4. The third-order valence-corrected chi connectivity index (χ3v) is 3.22. The zero-order valence-electron chi connectivity index (χ0n) is 12.4. The molecule has 3 nitrogen and oxygen atoms in total. The maximum Gasteiger partial charge on any atom is 0.128 e. The molecular formula is C17H20FN3. The van der Waals surface area contributed by atoms with Gasteiger partial charge in [-0.1, -0.05) is 13.8 Å². The van der Waals surface area contributed by atoms with Crippen molar-refractivity contribution in [3.8, 4) is 6.07 Å². The first kappa shape index (κ1) is 15.3. The van der Waals surface area contributed by atoms with Gasteiger partial charge in [0.05, 0.1) is 11.6 Å². The number of hydrogen-bond donors (Lipinski definition) is 1. The van der Waals surface area contributed by atoms with Crippen molar-refractivity contribution in [1.29, 1.82) is 5.26 Å². The molecule has 0 saturated heterocycles. The molecule has 1 aromatic heterocycles. The fourth-order valence-corrected chi connectivity index (χ4v) is 2.16. The topological polar surface area (TPSA) is 40.8 Å². The molecule has 2 aromatic rings. The van der Waals surface area contributed by atoms with Gasteiger partial charge in [-0.05, 0) is 42.3 Å². The van der Waals surface area contributed by atoms with Gasteiger partial charge in [0.1, 0.15) is 5.82 Å². The second-order valence-corrected chi connectivity index (χ2v) is 5.63. The maximum absolute atomic E-state index is 13.8. The van der Waals surface area contributed by atoms with Crippen molar-refractivity contribution in [3.63, 3.8) is 0 Å². The lowest BCUT2D eigenvalue weighted by Crippen LogP contribution is -2.18. The molecule has 1 heterocycles. The van der Waals surface area contributed by atoms with Gasteiger partial charge in [-0.25, -0.2) is 4.39 Å². The quantitative estimate of drug-likeness (QED) is 0.884. The highest BCUT2D eigenvalue weighted by atomic mass is 19.1. The number of hydrogen-bond acceptors (Lipinski definition) is 2. The smallest absolute Gasteiger partial charge is 0.128 e. The summed E-state index contributed by atoms with van der Waals surface area (Å²) < 4.78 is 15.7. The van der Waals surface area contributed by atoms with Crippen molar-refractivity contribution < 1.29 is 4.39 Å². The molecule has 0 amide bonds. The van der Waals surface area contributed by atoms with Crippen LogP contribution in [0.25, 0.3) is 0 Å². The van der Waals surface area contributed by atoms with Crippen LogP contribution < -0.4 is 5.32 Å². The summed E-state index contributed by atoms with van der Waals surface area (Å²) in [5.41, 5.74) is 2.19. The average Bonchev–Trinajstić information content (AvgIpc) is 2.88. The second-order valence-electron chi connectivity index (χ2n) is 5.63. The molecule has 21 heavy (non-hydrogen) atoms. The minimum absolute atomic E-state index is 0.276. The third-order valence-electron chi connectivity index (χ3n) is 3.22. The van der Waals surface area contributed by atoms with Crippen LogP contribution in [0.5, 0.6) is 0 Å². The van der Waals surface area contributed by atoms with Crippen LogP contribution in [0.1, 0.15) is 30.5 Å². The fourth-order valence-electron chi connectivity index (χ4n) is 2.16. The summed E-state index contributed by atoms with van der Waals surface area (Å²) in [6.45, 7) is 6.56. The van der Waals surface area contributed by atoms with Gasteiger partial charge in [-0.2, -0.15) is 5.26 Å². The molecule has 0 aliphatic heterocycles. The van der Waals surface area contributed by atoms with Crippen molar-refractivity contribution in [3.05, 3.63) is 59.2 Å². The van der Waals surface area contributed by atoms with E-state index < -0.39 is 0 Å². The zero-order chi connectivity index (χ0) is 15.2. The molecule has 0 saturated carbocycles. The normalized spacial score (nSPS) is 10.8. The van der Waals surface area contributed by atoms with Gasteiger partial charge in [0.2, 0.25) is 0 Å². The van der Waals surface area contributed by atoms with E-state index in [4.69, 9.17) is 5.26 Å². The predicted octanol–water partition coefficient (Wildman–Crippen LogP) is 3.29. The number of halogens is 1. The van der Waals surface area contributed by atoms with E-state index >= 15 is 0 Å². The van der Waals surface area contributed by atoms with Gasteiger partial charge in [0.25, 0.3) is 0 Å². The Hall–Kier alpha value is -2.12. The Morgan fingerprint density at radius 3 is 2.86 bits per heavy atom. The molecule has 0 spiro atoms. The Balaban J connectivity index is 2.01.